The van der Waals surface area contributed by atoms with Crippen LogP contribution in [0.5, 0.6) is 0 Å². The molecule has 40 heavy (non-hydrogen) atoms. The van der Waals surface area contributed by atoms with Gasteiger partial charge in [-0.05, 0) is 107 Å². The molecule has 1 fully saturated rings. The van der Waals surface area contributed by atoms with Gasteiger partial charge in [0.05, 0.1) is 16.6 Å². The Morgan fingerprint density at radius 3 is 2.30 bits per heavy atom. The fourth-order valence-corrected chi connectivity index (χ4v) is 7.87. The molecule has 0 amide bonds. The molecule has 0 saturated heterocycles. The minimum atomic E-state index is 0.252. The minimum Gasteiger partial charge on any atom is -0.308 e. The molecule has 6 aromatic rings. The maximum absolute atomic E-state index is 4.82. The number of hydrogen-bond donors (Lipinski definition) is 0. The van der Waals surface area contributed by atoms with Crippen LogP contribution in [0.25, 0.3) is 61.5 Å². The summed E-state index contributed by atoms with van der Waals surface area (Å²) >= 11 is 0. The molecule has 1 heteroatoms. The minimum absolute atomic E-state index is 0.252. The molecule has 2 aromatic heterocycles. The number of allylic oxidation sites excluding steroid dienone is 1. The van der Waals surface area contributed by atoms with E-state index >= 15 is 0 Å². The van der Waals surface area contributed by atoms with Crippen molar-refractivity contribution in [3.05, 3.63) is 87.6 Å². The van der Waals surface area contributed by atoms with E-state index in [1.54, 1.807) is 0 Å². The van der Waals surface area contributed by atoms with Crippen molar-refractivity contribution in [3.63, 3.8) is 0 Å². The number of aryl methyl sites for hydroxylation is 2. The number of hydrogen-bond acceptors (Lipinski definition) is 0. The normalized spacial score (nSPS) is 15.3. The molecular formula is C39H41N. The van der Waals surface area contributed by atoms with Crippen LogP contribution < -0.4 is 5.22 Å². The molecule has 0 N–H and O–H groups in total. The third kappa shape index (κ3) is 3.66. The van der Waals surface area contributed by atoms with Gasteiger partial charge >= 0.3 is 0 Å². The fourth-order valence-electron chi connectivity index (χ4n) is 7.87. The Morgan fingerprint density at radius 2 is 1.57 bits per heavy atom. The smallest absolute Gasteiger partial charge is 0.0625 e. The van der Waals surface area contributed by atoms with E-state index in [9.17, 15) is 0 Å². The van der Waals surface area contributed by atoms with Crippen molar-refractivity contribution >= 4 is 61.5 Å². The lowest BCUT2D eigenvalue weighted by Gasteiger charge is -2.21. The highest BCUT2D eigenvalue weighted by atomic mass is 14.9. The van der Waals surface area contributed by atoms with Crippen LogP contribution in [0.3, 0.4) is 0 Å². The first-order chi connectivity index (χ1) is 19.2. The van der Waals surface area contributed by atoms with Gasteiger partial charge in [0, 0.05) is 21.5 Å². The second-order valence-electron chi connectivity index (χ2n) is 13.6. The zero-order chi connectivity index (χ0) is 27.9. The van der Waals surface area contributed by atoms with Crippen LogP contribution in [0, 0.1) is 19.3 Å². The van der Waals surface area contributed by atoms with E-state index in [1.165, 1.54) is 102 Å². The van der Waals surface area contributed by atoms with Gasteiger partial charge < -0.3 is 4.40 Å². The van der Waals surface area contributed by atoms with Crippen molar-refractivity contribution in [1.29, 1.82) is 0 Å². The first kappa shape index (κ1) is 25.4. The SMILES string of the molecule is C=c1c2c(C)c3cc(CC(C)(C)C)ccc3c(C)c2n2c3ccc(C4CCCC4)cc3c3ccc(/C=C\C)c1c32. The number of pyridine rings is 1. The summed E-state index contributed by atoms with van der Waals surface area (Å²) in [5, 5.41) is 9.20. The molecular weight excluding hydrogens is 482 g/mol. The molecule has 0 unspecified atom stereocenters. The second kappa shape index (κ2) is 8.96. The molecule has 4 aromatic carbocycles. The Morgan fingerprint density at radius 1 is 0.825 bits per heavy atom. The average molecular weight is 524 g/mol. The van der Waals surface area contributed by atoms with Crippen molar-refractivity contribution in [2.24, 2.45) is 5.41 Å². The van der Waals surface area contributed by atoms with E-state index in [4.69, 9.17) is 6.58 Å². The predicted octanol–water partition coefficient (Wildman–Crippen LogP) is 10.6. The second-order valence-corrected chi connectivity index (χ2v) is 13.6. The molecule has 0 aliphatic heterocycles. The summed E-state index contributed by atoms with van der Waals surface area (Å²) in [5.41, 5.74) is 11.1. The zero-order valence-corrected chi connectivity index (χ0v) is 25.0. The summed E-state index contributed by atoms with van der Waals surface area (Å²) in [4.78, 5) is 0. The van der Waals surface area contributed by atoms with Crippen LogP contribution in [-0.2, 0) is 6.42 Å². The number of benzene rings is 4. The van der Waals surface area contributed by atoms with Crippen LogP contribution >= 0.6 is 0 Å². The lowest BCUT2D eigenvalue weighted by molar-refractivity contribution is 0.411. The average Bonchev–Trinajstić information content (AvgIpc) is 3.56. The maximum Gasteiger partial charge on any atom is 0.0625 e. The van der Waals surface area contributed by atoms with E-state index in [2.05, 4.69) is 107 Å². The van der Waals surface area contributed by atoms with Gasteiger partial charge in [-0.25, -0.2) is 0 Å². The van der Waals surface area contributed by atoms with Crippen molar-refractivity contribution in [1.82, 2.24) is 4.40 Å². The Bertz CT molecular complexity index is 2050. The molecule has 0 radical (unpaired) electrons. The van der Waals surface area contributed by atoms with Gasteiger partial charge in [0.2, 0.25) is 0 Å². The van der Waals surface area contributed by atoms with E-state index in [0.717, 1.165) is 11.6 Å². The highest BCUT2D eigenvalue weighted by molar-refractivity contribution is 6.21. The largest absolute Gasteiger partial charge is 0.308 e. The van der Waals surface area contributed by atoms with Crippen LogP contribution in [0.1, 0.15) is 87.1 Å². The summed E-state index contributed by atoms with van der Waals surface area (Å²) in [6.45, 7) is 18.5. The first-order valence-corrected chi connectivity index (χ1v) is 15.2. The predicted molar refractivity (Wildman–Crippen MR) is 177 cm³/mol. The topological polar surface area (TPSA) is 4.41 Å². The standard InChI is InChI=1S/C39H41N/c1-8-11-28-15-18-31-33-21-29(27-12-9-10-13-27)16-19-34(33)40-37-24(3)30-17-14-26(22-39(5,6)7)20-32(30)23(2)35(37)25(4)36(28)38(31)40/h8,11,14-21,27H,4,9-10,12-13,22H2,1-3,5-7H3/b11-8-. The highest BCUT2D eigenvalue weighted by Gasteiger charge is 2.23. The third-order valence-corrected chi connectivity index (χ3v) is 9.58. The molecule has 1 aliphatic rings. The number of rotatable bonds is 3. The van der Waals surface area contributed by atoms with Crippen LogP contribution in [0.4, 0.5) is 0 Å². The summed E-state index contributed by atoms with van der Waals surface area (Å²) in [6.07, 6.45) is 10.8. The Kier molecular flexibility index (Phi) is 5.69. The molecule has 1 nitrogen and oxygen atoms in total. The van der Waals surface area contributed by atoms with E-state index in [-0.39, 0.29) is 5.41 Å². The van der Waals surface area contributed by atoms with Crippen molar-refractivity contribution < 1.29 is 0 Å². The lowest BCUT2D eigenvalue weighted by Crippen LogP contribution is -2.11. The first-order valence-electron chi connectivity index (χ1n) is 15.2. The number of nitrogens with zero attached hydrogens (tertiary/aromatic N) is 1. The summed E-state index contributed by atoms with van der Waals surface area (Å²) in [5.74, 6) is 0.701. The van der Waals surface area contributed by atoms with Crippen LogP contribution in [0.2, 0.25) is 0 Å². The van der Waals surface area contributed by atoms with E-state index in [0.29, 0.717) is 5.92 Å². The van der Waals surface area contributed by atoms with Crippen molar-refractivity contribution in [2.45, 2.75) is 79.6 Å². The van der Waals surface area contributed by atoms with E-state index in [1.807, 2.05) is 0 Å². The van der Waals surface area contributed by atoms with Crippen molar-refractivity contribution in [3.8, 4) is 0 Å². The number of aromatic nitrogens is 1. The Labute approximate surface area is 238 Å². The summed E-state index contributed by atoms with van der Waals surface area (Å²) in [7, 11) is 0. The molecule has 202 valence electrons. The maximum atomic E-state index is 4.82. The molecule has 1 aliphatic carbocycles. The monoisotopic (exact) mass is 523 g/mol. The van der Waals surface area contributed by atoms with Crippen LogP contribution in [-0.4, -0.2) is 4.40 Å². The zero-order valence-electron chi connectivity index (χ0n) is 25.0. The van der Waals surface area contributed by atoms with Gasteiger partial charge in [0.15, 0.2) is 0 Å². The molecule has 0 atom stereocenters. The Balaban J connectivity index is 1.68. The van der Waals surface area contributed by atoms with Gasteiger partial charge in [0.1, 0.15) is 0 Å². The van der Waals surface area contributed by atoms with Crippen molar-refractivity contribution in [2.75, 3.05) is 0 Å². The van der Waals surface area contributed by atoms with Gasteiger partial charge in [0.25, 0.3) is 0 Å². The Hall–Kier alpha value is -3.58. The molecule has 1 saturated carbocycles. The summed E-state index contributed by atoms with van der Waals surface area (Å²) in [6, 6.07) is 19.2. The lowest BCUT2D eigenvalue weighted by atomic mass is 9.86. The molecule has 7 rings (SSSR count). The van der Waals surface area contributed by atoms with Crippen LogP contribution in [0.15, 0.2) is 54.6 Å². The van der Waals surface area contributed by atoms with E-state index < -0.39 is 0 Å². The van der Waals surface area contributed by atoms with Gasteiger partial charge in [-0.3, -0.25) is 0 Å². The third-order valence-electron chi connectivity index (χ3n) is 9.58. The summed E-state index contributed by atoms with van der Waals surface area (Å²) < 4.78 is 2.58. The number of fused-ring (bicyclic) bond motifs is 6. The fraction of sp³-hybridized carbons (Fsp3) is 0.333. The quantitative estimate of drug-likeness (QED) is 0.203. The van der Waals surface area contributed by atoms with Gasteiger partial charge in [-0.1, -0.05) is 88.7 Å². The van der Waals surface area contributed by atoms with Gasteiger partial charge in [-0.2, -0.15) is 0 Å². The highest BCUT2D eigenvalue weighted by Crippen LogP contribution is 2.42. The molecule has 2 heterocycles. The van der Waals surface area contributed by atoms with Gasteiger partial charge in [-0.15, -0.1) is 0 Å². The molecule has 0 spiro atoms. The molecule has 0 bridgehead atoms.